The highest BCUT2D eigenvalue weighted by molar-refractivity contribution is 5.37. The van der Waals surface area contributed by atoms with Gasteiger partial charge in [-0.1, -0.05) is 30.7 Å². The minimum Gasteiger partial charge on any atom is -0.303 e. The average molecular weight is 441 g/mol. The van der Waals surface area contributed by atoms with E-state index in [1.807, 2.05) is 0 Å². The van der Waals surface area contributed by atoms with Crippen molar-refractivity contribution in [2.45, 2.75) is 70.8 Å². The third kappa shape index (κ3) is 5.96. The van der Waals surface area contributed by atoms with Crippen LogP contribution in [0.3, 0.4) is 0 Å². The first-order chi connectivity index (χ1) is 15.5. The maximum absolute atomic E-state index is 14.1. The molecule has 2 nitrogen and oxygen atoms in total. The van der Waals surface area contributed by atoms with Crippen LogP contribution in [0.4, 0.5) is 8.78 Å². The molecule has 1 unspecified atom stereocenters. The molecule has 2 fully saturated rings. The molecule has 32 heavy (non-hydrogen) atoms. The van der Waals surface area contributed by atoms with Crippen molar-refractivity contribution in [1.82, 2.24) is 9.80 Å². The molecule has 1 aliphatic heterocycles. The number of nitrogens with zero attached hydrogens (tertiary/aromatic N) is 2. The summed E-state index contributed by atoms with van der Waals surface area (Å²) < 4.78 is 28.1. The van der Waals surface area contributed by atoms with Crippen LogP contribution in [0.2, 0.25) is 0 Å². The maximum atomic E-state index is 14.1. The number of piperidine rings is 1. The van der Waals surface area contributed by atoms with E-state index >= 15 is 0 Å². The van der Waals surface area contributed by atoms with Crippen LogP contribution < -0.4 is 0 Å². The highest BCUT2D eigenvalue weighted by atomic mass is 19.1. The molecule has 0 amide bonds. The highest BCUT2D eigenvalue weighted by Crippen LogP contribution is 2.33. The summed E-state index contributed by atoms with van der Waals surface area (Å²) >= 11 is 0. The Morgan fingerprint density at radius 2 is 1.56 bits per heavy atom. The van der Waals surface area contributed by atoms with Crippen LogP contribution in [-0.4, -0.2) is 48.6 Å². The zero-order chi connectivity index (χ0) is 22.5. The smallest absolute Gasteiger partial charge is 0.129 e. The van der Waals surface area contributed by atoms with Crippen molar-refractivity contribution in [1.29, 1.82) is 0 Å². The molecule has 0 spiro atoms. The van der Waals surface area contributed by atoms with Crippen molar-refractivity contribution in [3.05, 3.63) is 70.3 Å². The second-order valence-electron chi connectivity index (χ2n) is 9.89. The number of hydrogen-bond donors (Lipinski definition) is 0. The Morgan fingerprint density at radius 3 is 2.19 bits per heavy atom. The normalized spacial score (nSPS) is 18.3. The van der Waals surface area contributed by atoms with E-state index < -0.39 is 11.6 Å². The molecule has 1 saturated heterocycles. The molecule has 1 aliphatic carbocycles. The Morgan fingerprint density at radius 1 is 0.938 bits per heavy atom. The van der Waals surface area contributed by atoms with E-state index in [0.29, 0.717) is 18.4 Å². The first-order valence-electron chi connectivity index (χ1n) is 12.5. The third-order valence-corrected chi connectivity index (χ3v) is 7.33. The third-order valence-electron chi connectivity index (χ3n) is 7.33. The van der Waals surface area contributed by atoms with E-state index in [1.165, 1.54) is 80.1 Å². The van der Waals surface area contributed by atoms with Crippen molar-refractivity contribution < 1.29 is 8.78 Å². The van der Waals surface area contributed by atoms with Crippen LogP contribution in [-0.2, 0) is 6.42 Å². The first-order valence-corrected chi connectivity index (χ1v) is 12.5. The van der Waals surface area contributed by atoms with Crippen LogP contribution in [0, 0.1) is 25.5 Å². The van der Waals surface area contributed by atoms with Crippen molar-refractivity contribution in [2.24, 2.45) is 0 Å². The lowest BCUT2D eigenvalue weighted by Gasteiger charge is -2.35. The quantitative estimate of drug-likeness (QED) is 0.431. The lowest BCUT2D eigenvalue weighted by molar-refractivity contribution is 0.180. The lowest BCUT2D eigenvalue weighted by Crippen LogP contribution is -2.39. The van der Waals surface area contributed by atoms with Gasteiger partial charge in [0, 0.05) is 30.6 Å². The fraction of sp³-hybridized carbons (Fsp3) is 0.571. The maximum Gasteiger partial charge on any atom is 0.129 e. The summed E-state index contributed by atoms with van der Waals surface area (Å²) in [6.07, 6.45) is 7.71. The topological polar surface area (TPSA) is 6.48 Å². The fourth-order valence-corrected chi connectivity index (χ4v) is 5.54. The molecule has 1 saturated carbocycles. The Kier molecular flexibility index (Phi) is 7.96. The van der Waals surface area contributed by atoms with Gasteiger partial charge < -0.3 is 4.90 Å². The number of aryl methyl sites for hydroxylation is 2. The van der Waals surface area contributed by atoms with Gasteiger partial charge in [0.2, 0.25) is 0 Å². The van der Waals surface area contributed by atoms with Gasteiger partial charge in [0.1, 0.15) is 11.6 Å². The van der Waals surface area contributed by atoms with Crippen molar-refractivity contribution in [2.75, 3.05) is 32.7 Å². The summed E-state index contributed by atoms with van der Waals surface area (Å²) in [5.41, 5.74) is 4.51. The molecule has 0 aromatic heterocycles. The molecule has 174 valence electrons. The average Bonchev–Trinajstić information content (AvgIpc) is 3.61. The second kappa shape index (κ2) is 10.9. The summed E-state index contributed by atoms with van der Waals surface area (Å²) in [7, 11) is 0. The predicted octanol–water partition coefficient (Wildman–Crippen LogP) is 6.25. The molecule has 1 heterocycles. The van der Waals surface area contributed by atoms with Crippen LogP contribution >= 0.6 is 0 Å². The molecular formula is C28H38F2N2. The van der Waals surface area contributed by atoms with Crippen molar-refractivity contribution in [3.8, 4) is 0 Å². The molecule has 1 atom stereocenters. The number of benzene rings is 2. The molecule has 2 aliphatic rings. The monoisotopic (exact) mass is 440 g/mol. The predicted molar refractivity (Wildman–Crippen MR) is 128 cm³/mol. The number of halogens is 2. The van der Waals surface area contributed by atoms with Gasteiger partial charge in [-0.2, -0.15) is 0 Å². The minimum atomic E-state index is -0.415. The van der Waals surface area contributed by atoms with Gasteiger partial charge in [0.25, 0.3) is 0 Å². The molecule has 2 aromatic rings. The molecule has 4 rings (SSSR count). The summed E-state index contributed by atoms with van der Waals surface area (Å²) in [4.78, 5) is 5.26. The highest BCUT2D eigenvalue weighted by Gasteiger charge is 2.32. The lowest BCUT2D eigenvalue weighted by atomic mass is 9.89. The molecule has 0 N–H and O–H groups in total. The van der Waals surface area contributed by atoms with Crippen LogP contribution in [0.1, 0.15) is 66.7 Å². The molecule has 4 heteroatoms. The number of rotatable bonds is 10. The van der Waals surface area contributed by atoms with E-state index in [-0.39, 0.29) is 5.56 Å². The van der Waals surface area contributed by atoms with Gasteiger partial charge in [-0.15, -0.1) is 0 Å². The molecule has 2 aromatic carbocycles. The standard InChI is InChI=1S/C28H38F2N2/c1-21-9-6-10-22(2)28(21)23(19-31-16-4-3-5-17-31)20-32(24-14-15-24)18-8-11-25-26(29)12-7-13-27(25)30/h6-7,9-10,12-13,23-24H,3-5,8,11,14-20H2,1-2H3. The minimum absolute atomic E-state index is 0.239. The van der Waals surface area contributed by atoms with E-state index in [2.05, 4.69) is 41.8 Å². The van der Waals surface area contributed by atoms with Gasteiger partial charge in [0.05, 0.1) is 0 Å². The SMILES string of the molecule is Cc1cccc(C)c1C(CN1CCCCC1)CN(CCCc1c(F)cccc1F)C1CC1. The van der Waals surface area contributed by atoms with Gasteiger partial charge in [-0.05, 0) is 101 Å². The summed E-state index contributed by atoms with van der Waals surface area (Å²) in [5, 5.41) is 0. The van der Waals surface area contributed by atoms with E-state index in [0.717, 1.165) is 26.1 Å². The number of likely N-dealkylation sites (tertiary alicyclic amines) is 1. The van der Waals surface area contributed by atoms with E-state index in [9.17, 15) is 8.78 Å². The molecule has 0 bridgehead atoms. The van der Waals surface area contributed by atoms with Gasteiger partial charge in [0.15, 0.2) is 0 Å². The van der Waals surface area contributed by atoms with Crippen LogP contribution in [0.15, 0.2) is 36.4 Å². The van der Waals surface area contributed by atoms with Gasteiger partial charge >= 0.3 is 0 Å². The van der Waals surface area contributed by atoms with Gasteiger partial charge in [-0.3, -0.25) is 4.90 Å². The van der Waals surface area contributed by atoms with Crippen LogP contribution in [0.25, 0.3) is 0 Å². The zero-order valence-corrected chi connectivity index (χ0v) is 19.8. The summed E-state index contributed by atoms with van der Waals surface area (Å²) in [5.74, 6) is -0.358. The largest absolute Gasteiger partial charge is 0.303 e. The van der Waals surface area contributed by atoms with Gasteiger partial charge in [-0.25, -0.2) is 8.78 Å². The summed E-state index contributed by atoms with van der Waals surface area (Å²) in [6.45, 7) is 9.94. The molecular weight excluding hydrogens is 402 g/mol. The first kappa shape index (κ1) is 23.4. The Balaban J connectivity index is 1.47. The molecule has 0 radical (unpaired) electrons. The van der Waals surface area contributed by atoms with E-state index in [1.54, 1.807) is 0 Å². The Labute approximate surface area is 192 Å². The second-order valence-corrected chi connectivity index (χ2v) is 9.89. The van der Waals surface area contributed by atoms with Crippen LogP contribution in [0.5, 0.6) is 0 Å². The Hall–Kier alpha value is -1.78. The zero-order valence-electron chi connectivity index (χ0n) is 19.8. The van der Waals surface area contributed by atoms with Crippen molar-refractivity contribution >= 4 is 0 Å². The summed E-state index contributed by atoms with van der Waals surface area (Å²) in [6, 6.07) is 11.5. The number of hydrogen-bond acceptors (Lipinski definition) is 2. The Bertz CT molecular complexity index is 846. The van der Waals surface area contributed by atoms with E-state index in [4.69, 9.17) is 0 Å². The fourth-order valence-electron chi connectivity index (χ4n) is 5.54. The van der Waals surface area contributed by atoms with Crippen molar-refractivity contribution in [3.63, 3.8) is 0 Å².